The lowest BCUT2D eigenvalue weighted by atomic mass is 10.3. The third kappa shape index (κ3) is 3.21. The van der Waals surface area contributed by atoms with Gasteiger partial charge in [-0.2, -0.15) is 0 Å². The van der Waals surface area contributed by atoms with Crippen LogP contribution in [0.3, 0.4) is 0 Å². The fraction of sp³-hybridized carbons (Fsp3) is 0.167. The number of aryl methyl sites for hydroxylation is 1. The summed E-state index contributed by atoms with van der Waals surface area (Å²) in [6, 6.07) is 10.7. The summed E-state index contributed by atoms with van der Waals surface area (Å²) >= 11 is 5.95. The quantitative estimate of drug-likeness (QED) is 0.585. The molecule has 0 unspecified atom stereocenters. The average Bonchev–Trinajstić information content (AvgIpc) is 3.17. The van der Waals surface area contributed by atoms with Crippen LogP contribution in [0.15, 0.2) is 58.0 Å². The summed E-state index contributed by atoms with van der Waals surface area (Å²) in [5, 5.41) is 3.42. The number of hydrogen-bond donors (Lipinski definition) is 1. The molecule has 0 atom stereocenters. The first kappa shape index (κ1) is 16.4. The zero-order valence-electron chi connectivity index (χ0n) is 13.7. The number of nitrogens with zero attached hydrogens (tertiary/aromatic N) is 3. The van der Waals surface area contributed by atoms with Crippen LogP contribution in [-0.4, -0.2) is 19.9 Å². The standard InChI is InChI=1S/C18H15ClN4O3/c19-12-5-6-16-21-13(11-22(16)10-12)9-20-17(24)7-8-23-14-3-1-2-4-15(14)26-18(23)25/h1-6,10-11H,7-9H2,(H,20,24). The largest absolute Gasteiger partial charge is 0.419 e. The van der Waals surface area contributed by atoms with Crippen molar-refractivity contribution in [3.05, 3.63) is 70.1 Å². The molecule has 132 valence electrons. The van der Waals surface area contributed by atoms with Crippen molar-refractivity contribution in [3.8, 4) is 0 Å². The molecule has 1 N–H and O–H groups in total. The number of amides is 1. The maximum absolute atomic E-state index is 12.1. The van der Waals surface area contributed by atoms with Crippen LogP contribution >= 0.6 is 11.6 Å². The van der Waals surface area contributed by atoms with Gasteiger partial charge in [-0.1, -0.05) is 23.7 Å². The minimum absolute atomic E-state index is 0.169. The number of rotatable bonds is 5. The predicted molar refractivity (Wildman–Crippen MR) is 97.1 cm³/mol. The van der Waals surface area contributed by atoms with Gasteiger partial charge in [-0.3, -0.25) is 9.36 Å². The van der Waals surface area contributed by atoms with E-state index >= 15 is 0 Å². The highest BCUT2D eigenvalue weighted by Crippen LogP contribution is 2.13. The van der Waals surface area contributed by atoms with Gasteiger partial charge in [0.2, 0.25) is 5.91 Å². The number of aromatic nitrogens is 3. The van der Waals surface area contributed by atoms with Crippen molar-refractivity contribution in [2.75, 3.05) is 0 Å². The highest BCUT2D eigenvalue weighted by Gasteiger charge is 2.11. The lowest BCUT2D eigenvalue weighted by molar-refractivity contribution is -0.121. The maximum atomic E-state index is 12.1. The van der Waals surface area contributed by atoms with Crippen LogP contribution < -0.4 is 11.1 Å². The lowest BCUT2D eigenvalue weighted by Gasteiger charge is -2.04. The number of oxazole rings is 1. The Balaban J connectivity index is 1.39. The van der Waals surface area contributed by atoms with Crippen molar-refractivity contribution >= 4 is 34.3 Å². The first-order chi connectivity index (χ1) is 12.6. The second-order valence-electron chi connectivity index (χ2n) is 5.86. The molecule has 0 aliphatic rings. The summed E-state index contributed by atoms with van der Waals surface area (Å²) in [6.07, 6.45) is 3.74. The number of para-hydroxylation sites is 2. The van der Waals surface area contributed by atoms with Crippen molar-refractivity contribution in [3.63, 3.8) is 0 Å². The highest BCUT2D eigenvalue weighted by molar-refractivity contribution is 6.30. The van der Waals surface area contributed by atoms with Gasteiger partial charge >= 0.3 is 5.76 Å². The Morgan fingerprint density at radius 2 is 2.04 bits per heavy atom. The first-order valence-corrected chi connectivity index (χ1v) is 8.46. The van der Waals surface area contributed by atoms with Gasteiger partial charge in [0.1, 0.15) is 5.65 Å². The summed E-state index contributed by atoms with van der Waals surface area (Å²) in [5.74, 6) is -0.631. The number of imidazole rings is 1. The third-order valence-electron chi connectivity index (χ3n) is 4.07. The Kier molecular flexibility index (Phi) is 4.22. The molecule has 4 rings (SSSR count). The smallest absolute Gasteiger partial charge is 0.408 e. The summed E-state index contributed by atoms with van der Waals surface area (Å²) < 4.78 is 8.42. The fourth-order valence-corrected chi connectivity index (χ4v) is 2.99. The number of nitrogens with one attached hydrogen (secondary N) is 1. The van der Waals surface area contributed by atoms with Crippen LogP contribution in [0, 0.1) is 0 Å². The number of benzene rings is 1. The SMILES string of the molecule is O=C(CCn1c(=O)oc2ccccc21)NCc1cn2cc(Cl)ccc2n1. The van der Waals surface area contributed by atoms with E-state index in [0.717, 1.165) is 11.3 Å². The van der Waals surface area contributed by atoms with Gasteiger partial charge in [-0.05, 0) is 24.3 Å². The molecule has 3 aromatic heterocycles. The molecule has 0 fully saturated rings. The molecule has 0 spiro atoms. The average molecular weight is 371 g/mol. The molecule has 1 amide bonds. The van der Waals surface area contributed by atoms with Crippen LogP contribution in [0.1, 0.15) is 12.1 Å². The first-order valence-electron chi connectivity index (χ1n) is 8.08. The molecule has 0 saturated heterocycles. The summed E-state index contributed by atoms with van der Waals surface area (Å²) in [7, 11) is 0. The number of carbonyl (C=O) groups excluding carboxylic acids is 1. The Hall–Kier alpha value is -3.06. The number of carbonyl (C=O) groups is 1. The Bertz CT molecular complexity index is 1160. The van der Waals surface area contributed by atoms with Crippen molar-refractivity contribution in [2.24, 2.45) is 0 Å². The molecule has 0 aliphatic heterocycles. The molecule has 4 aromatic rings. The second kappa shape index (κ2) is 6.68. The molecule has 3 heterocycles. The predicted octanol–water partition coefficient (Wildman–Crippen LogP) is 2.60. The van der Waals surface area contributed by atoms with Crippen LogP contribution in [-0.2, 0) is 17.9 Å². The van der Waals surface area contributed by atoms with Crippen molar-refractivity contribution < 1.29 is 9.21 Å². The van der Waals surface area contributed by atoms with Crippen LogP contribution in [0.2, 0.25) is 5.02 Å². The minimum atomic E-state index is -0.462. The van der Waals surface area contributed by atoms with Gasteiger partial charge in [-0.15, -0.1) is 0 Å². The number of fused-ring (bicyclic) bond motifs is 2. The molecule has 0 bridgehead atoms. The van der Waals surface area contributed by atoms with E-state index in [1.54, 1.807) is 34.9 Å². The second-order valence-corrected chi connectivity index (χ2v) is 6.30. The van der Waals surface area contributed by atoms with Gasteiger partial charge in [-0.25, -0.2) is 9.78 Å². The van der Waals surface area contributed by atoms with Crippen molar-refractivity contribution in [1.82, 2.24) is 19.3 Å². The lowest BCUT2D eigenvalue weighted by Crippen LogP contribution is -2.25. The maximum Gasteiger partial charge on any atom is 0.419 e. The molecule has 26 heavy (non-hydrogen) atoms. The van der Waals surface area contributed by atoms with E-state index in [2.05, 4.69) is 10.3 Å². The van der Waals surface area contributed by atoms with Crippen molar-refractivity contribution in [2.45, 2.75) is 19.5 Å². The molecule has 1 aromatic carbocycles. The van der Waals surface area contributed by atoms with Gasteiger partial charge < -0.3 is 14.1 Å². The third-order valence-corrected chi connectivity index (χ3v) is 4.29. The zero-order valence-corrected chi connectivity index (χ0v) is 14.4. The molecule has 7 nitrogen and oxygen atoms in total. The Labute approximate surface area is 152 Å². The minimum Gasteiger partial charge on any atom is -0.408 e. The normalized spacial score (nSPS) is 11.3. The Morgan fingerprint density at radius 1 is 1.19 bits per heavy atom. The number of pyridine rings is 1. The summed E-state index contributed by atoms with van der Waals surface area (Å²) in [5.41, 5.74) is 2.69. The number of halogens is 1. The molecular weight excluding hydrogens is 356 g/mol. The van der Waals surface area contributed by atoms with E-state index in [4.69, 9.17) is 16.0 Å². The summed E-state index contributed by atoms with van der Waals surface area (Å²) in [4.78, 5) is 28.4. The van der Waals surface area contributed by atoms with Crippen LogP contribution in [0.25, 0.3) is 16.7 Å². The van der Waals surface area contributed by atoms with Gasteiger partial charge in [0.05, 0.1) is 22.8 Å². The fourth-order valence-electron chi connectivity index (χ4n) is 2.82. The molecule has 0 radical (unpaired) electrons. The van der Waals surface area contributed by atoms with Gasteiger partial charge in [0, 0.05) is 25.4 Å². The van der Waals surface area contributed by atoms with E-state index in [-0.39, 0.29) is 18.9 Å². The van der Waals surface area contributed by atoms with Crippen LogP contribution in [0.5, 0.6) is 0 Å². The van der Waals surface area contributed by atoms with E-state index in [1.165, 1.54) is 4.57 Å². The zero-order chi connectivity index (χ0) is 18.1. The molecule has 0 saturated carbocycles. The number of hydrogen-bond acceptors (Lipinski definition) is 4. The highest BCUT2D eigenvalue weighted by atomic mass is 35.5. The summed E-state index contributed by atoms with van der Waals surface area (Å²) in [6.45, 7) is 0.557. The monoisotopic (exact) mass is 370 g/mol. The Morgan fingerprint density at radius 3 is 2.92 bits per heavy atom. The molecule has 8 heteroatoms. The van der Waals surface area contributed by atoms with E-state index in [1.807, 2.05) is 18.3 Å². The topological polar surface area (TPSA) is 81.5 Å². The van der Waals surface area contributed by atoms with Gasteiger partial charge in [0.15, 0.2) is 5.58 Å². The van der Waals surface area contributed by atoms with E-state index < -0.39 is 5.76 Å². The van der Waals surface area contributed by atoms with E-state index in [0.29, 0.717) is 22.7 Å². The molecular formula is C18H15ClN4O3. The molecule has 0 aliphatic carbocycles. The van der Waals surface area contributed by atoms with Crippen molar-refractivity contribution in [1.29, 1.82) is 0 Å². The van der Waals surface area contributed by atoms with Gasteiger partial charge in [0.25, 0.3) is 0 Å². The van der Waals surface area contributed by atoms with Crippen LogP contribution in [0.4, 0.5) is 0 Å². The van der Waals surface area contributed by atoms with E-state index in [9.17, 15) is 9.59 Å².